The van der Waals surface area contributed by atoms with Gasteiger partial charge in [0, 0.05) is 18.2 Å². The average molecular weight is 263 g/mol. The normalized spacial score (nSPS) is 10.3. The molecule has 0 atom stereocenters. The van der Waals surface area contributed by atoms with Crippen LogP contribution in [0.3, 0.4) is 0 Å². The number of nitrogens with zero attached hydrogens (tertiary/aromatic N) is 3. The first-order valence-corrected chi connectivity index (χ1v) is 4.92. The fraction of sp³-hybridized carbons (Fsp3) is 0. The lowest BCUT2D eigenvalue weighted by Gasteiger charge is -2.01. The van der Waals surface area contributed by atoms with Crippen molar-refractivity contribution in [2.45, 2.75) is 0 Å². The summed E-state index contributed by atoms with van der Waals surface area (Å²) in [6, 6.07) is 5.42. The van der Waals surface area contributed by atoms with Gasteiger partial charge in [-0.3, -0.25) is 30.3 Å². The molecule has 2 aromatic rings. The van der Waals surface area contributed by atoms with Gasteiger partial charge in [-0.15, -0.1) is 0 Å². The zero-order chi connectivity index (χ0) is 14.2. The quantitative estimate of drug-likeness (QED) is 0.617. The zero-order valence-corrected chi connectivity index (χ0v) is 9.18. The first kappa shape index (κ1) is 12.4. The van der Waals surface area contributed by atoms with Crippen LogP contribution in [0.5, 0.6) is 0 Å². The number of rotatable bonds is 3. The summed E-state index contributed by atoms with van der Waals surface area (Å²) in [7, 11) is 0. The van der Waals surface area contributed by atoms with Crippen LogP contribution in [-0.2, 0) is 0 Å². The van der Waals surface area contributed by atoms with Gasteiger partial charge in [0.15, 0.2) is 0 Å². The highest BCUT2D eigenvalue weighted by atomic mass is 16.6. The molecule has 0 aliphatic rings. The maximum atomic E-state index is 10.9. The molecule has 96 valence electrons. The highest BCUT2D eigenvalue weighted by Crippen LogP contribution is 2.38. The Morgan fingerprint density at radius 3 is 1.68 bits per heavy atom. The highest BCUT2D eigenvalue weighted by molar-refractivity contribution is 6.03. The molecule has 0 aliphatic heterocycles. The van der Waals surface area contributed by atoms with Gasteiger partial charge >= 0.3 is 0 Å². The Morgan fingerprint density at radius 2 is 1.16 bits per heavy atom. The summed E-state index contributed by atoms with van der Waals surface area (Å²) in [5.74, 6) is 0. The third-order valence-electron chi connectivity index (χ3n) is 2.56. The Labute approximate surface area is 104 Å². The Kier molecular flexibility index (Phi) is 2.79. The summed E-state index contributed by atoms with van der Waals surface area (Å²) in [6.45, 7) is 0. The van der Waals surface area contributed by atoms with E-state index in [0.717, 1.165) is 18.2 Å². The van der Waals surface area contributed by atoms with E-state index in [2.05, 4.69) is 0 Å². The largest absolute Gasteiger partial charge is 0.284 e. The fourth-order valence-corrected chi connectivity index (χ4v) is 1.82. The third-order valence-corrected chi connectivity index (χ3v) is 2.56. The minimum Gasteiger partial charge on any atom is -0.258 e. The van der Waals surface area contributed by atoms with E-state index in [1.165, 1.54) is 12.1 Å². The molecule has 0 saturated carbocycles. The predicted molar refractivity (Wildman–Crippen MR) is 63.9 cm³/mol. The van der Waals surface area contributed by atoms with Gasteiger partial charge in [0.05, 0.1) is 20.2 Å². The molecule has 9 nitrogen and oxygen atoms in total. The van der Waals surface area contributed by atoms with Crippen molar-refractivity contribution in [2.24, 2.45) is 0 Å². The van der Waals surface area contributed by atoms with Crippen molar-refractivity contribution in [3.8, 4) is 0 Å². The Hall–Kier alpha value is -3.10. The van der Waals surface area contributed by atoms with Crippen molar-refractivity contribution >= 4 is 27.8 Å². The summed E-state index contributed by atoms with van der Waals surface area (Å²) >= 11 is 0. The second-order valence-corrected chi connectivity index (χ2v) is 3.57. The molecule has 0 aromatic heterocycles. The van der Waals surface area contributed by atoms with Crippen LogP contribution in [0.1, 0.15) is 0 Å². The van der Waals surface area contributed by atoms with Gasteiger partial charge in [0.25, 0.3) is 17.1 Å². The lowest BCUT2D eigenvalue weighted by atomic mass is 10.1. The molecule has 0 fully saturated rings. The monoisotopic (exact) mass is 263 g/mol. The minimum absolute atomic E-state index is 0.131. The molecule has 9 heteroatoms. The first-order chi connectivity index (χ1) is 8.93. The maximum Gasteiger partial charge on any atom is 0.284 e. The molecular weight excluding hydrogens is 258 g/mol. The molecule has 0 spiro atoms. The summed E-state index contributed by atoms with van der Waals surface area (Å²) in [5.41, 5.74) is -1.48. The van der Waals surface area contributed by atoms with Crippen molar-refractivity contribution in [1.82, 2.24) is 0 Å². The molecule has 19 heavy (non-hydrogen) atoms. The topological polar surface area (TPSA) is 129 Å². The van der Waals surface area contributed by atoms with Crippen LogP contribution in [0.2, 0.25) is 0 Å². The second kappa shape index (κ2) is 4.29. The predicted octanol–water partition coefficient (Wildman–Crippen LogP) is 2.56. The van der Waals surface area contributed by atoms with E-state index in [4.69, 9.17) is 0 Å². The smallest absolute Gasteiger partial charge is 0.258 e. The molecule has 0 N–H and O–H groups in total. The standard InChI is InChI=1S/C10H5N3O6/c14-11(15)7-4-5-9(13(18)19)10-6(7)2-1-3-8(10)12(16)17/h1-5H. The number of nitro benzene ring substituents is 3. The Balaban J connectivity index is 3.01. The van der Waals surface area contributed by atoms with Crippen LogP contribution >= 0.6 is 0 Å². The van der Waals surface area contributed by atoms with E-state index in [1.54, 1.807) is 0 Å². The molecule has 0 saturated heterocycles. The third kappa shape index (κ3) is 1.92. The van der Waals surface area contributed by atoms with Gasteiger partial charge in [-0.25, -0.2) is 0 Å². The number of hydrogen-bond donors (Lipinski definition) is 0. The van der Waals surface area contributed by atoms with Crippen molar-refractivity contribution < 1.29 is 14.8 Å². The van der Waals surface area contributed by atoms with E-state index >= 15 is 0 Å². The van der Waals surface area contributed by atoms with Crippen molar-refractivity contribution in [3.05, 3.63) is 60.7 Å². The van der Waals surface area contributed by atoms with E-state index in [-0.39, 0.29) is 10.8 Å². The van der Waals surface area contributed by atoms with E-state index in [9.17, 15) is 30.3 Å². The number of non-ortho nitro benzene ring substituents is 3. The van der Waals surface area contributed by atoms with Crippen LogP contribution in [-0.4, -0.2) is 14.8 Å². The maximum absolute atomic E-state index is 10.9. The van der Waals surface area contributed by atoms with Crippen LogP contribution < -0.4 is 0 Å². The van der Waals surface area contributed by atoms with Crippen molar-refractivity contribution in [2.75, 3.05) is 0 Å². The average Bonchev–Trinajstić information content (AvgIpc) is 2.35. The number of benzene rings is 2. The molecule has 0 amide bonds. The van der Waals surface area contributed by atoms with Crippen molar-refractivity contribution in [1.29, 1.82) is 0 Å². The first-order valence-electron chi connectivity index (χ1n) is 4.92. The van der Waals surface area contributed by atoms with Gasteiger partial charge < -0.3 is 0 Å². The molecule has 0 aliphatic carbocycles. The van der Waals surface area contributed by atoms with Crippen LogP contribution in [0.15, 0.2) is 30.3 Å². The van der Waals surface area contributed by atoms with Crippen LogP contribution in [0.4, 0.5) is 17.1 Å². The molecule has 0 heterocycles. The van der Waals surface area contributed by atoms with Gasteiger partial charge in [0.1, 0.15) is 5.39 Å². The van der Waals surface area contributed by atoms with Gasteiger partial charge in [-0.1, -0.05) is 6.07 Å². The van der Waals surface area contributed by atoms with Gasteiger partial charge in [-0.2, -0.15) is 0 Å². The SMILES string of the molecule is O=[N+]([O-])c1ccc([N+](=O)[O-])c2c([N+](=O)[O-])cccc12. The zero-order valence-electron chi connectivity index (χ0n) is 9.18. The Bertz CT molecular complexity index is 706. The second-order valence-electron chi connectivity index (χ2n) is 3.57. The number of nitro groups is 3. The molecule has 0 bridgehead atoms. The van der Waals surface area contributed by atoms with E-state index in [0.29, 0.717) is 0 Å². The lowest BCUT2D eigenvalue weighted by Crippen LogP contribution is -1.97. The molecule has 0 unspecified atom stereocenters. The molecule has 2 rings (SSSR count). The summed E-state index contributed by atoms with van der Waals surface area (Å²) in [6.07, 6.45) is 0. The molecule has 0 radical (unpaired) electrons. The van der Waals surface area contributed by atoms with Crippen molar-refractivity contribution in [3.63, 3.8) is 0 Å². The molecular formula is C10H5N3O6. The molecule has 2 aromatic carbocycles. The van der Waals surface area contributed by atoms with Gasteiger partial charge in [-0.05, 0) is 6.07 Å². The number of fused-ring (bicyclic) bond motifs is 1. The lowest BCUT2D eigenvalue weighted by molar-refractivity contribution is -0.391. The van der Waals surface area contributed by atoms with Crippen LogP contribution in [0.25, 0.3) is 10.8 Å². The number of hydrogen-bond acceptors (Lipinski definition) is 6. The Morgan fingerprint density at radius 1 is 0.684 bits per heavy atom. The van der Waals surface area contributed by atoms with Gasteiger partial charge in [0.2, 0.25) is 0 Å². The summed E-state index contributed by atoms with van der Waals surface area (Å²) < 4.78 is 0. The summed E-state index contributed by atoms with van der Waals surface area (Å²) in [4.78, 5) is 30.3. The highest BCUT2D eigenvalue weighted by Gasteiger charge is 2.27. The summed E-state index contributed by atoms with van der Waals surface area (Å²) in [5, 5.41) is 32.1. The van der Waals surface area contributed by atoms with Crippen LogP contribution in [0, 0.1) is 30.3 Å². The van der Waals surface area contributed by atoms with E-state index in [1.807, 2.05) is 0 Å². The minimum atomic E-state index is -0.806. The van der Waals surface area contributed by atoms with E-state index < -0.39 is 31.8 Å². The fourth-order valence-electron chi connectivity index (χ4n) is 1.82.